The van der Waals surface area contributed by atoms with Gasteiger partial charge in [0.25, 0.3) is 5.91 Å². The lowest BCUT2D eigenvalue weighted by Crippen LogP contribution is -2.46. The zero-order valence-electron chi connectivity index (χ0n) is 10.8. The second-order valence-electron chi connectivity index (χ2n) is 4.63. The van der Waals surface area contributed by atoms with E-state index in [4.69, 9.17) is 16.1 Å². The largest absolute Gasteiger partial charge is 0.355 e. The van der Waals surface area contributed by atoms with Crippen LogP contribution in [0.2, 0.25) is 5.02 Å². The molecule has 0 unspecified atom stereocenters. The zero-order chi connectivity index (χ0) is 13.9. The van der Waals surface area contributed by atoms with E-state index in [2.05, 4.69) is 10.5 Å². The van der Waals surface area contributed by atoms with Gasteiger partial charge in [0.05, 0.1) is 0 Å². The average Bonchev–Trinajstić information content (AvgIpc) is 2.97. The van der Waals surface area contributed by atoms with Crippen LogP contribution in [-0.2, 0) is 0 Å². The molecule has 5 nitrogen and oxygen atoms in total. The number of aromatic nitrogens is 1. The highest BCUT2D eigenvalue weighted by molar-refractivity contribution is 6.30. The molecule has 0 radical (unpaired) electrons. The van der Waals surface area contributed by atoms with Gasteiger partial charge in [-0.05, 0) is 12.1 Å². The van der Waals surface area contributed by atoms with Crippen molar-refractivity contribution in [3.8, 4) is 11.3 Å². The van der Waals surface area contributed by atoms with Crippen molar-refractivity contribution in [1.82, 2.24) is 15.4 Å². The van der Waals surface area contributed by atoms with Gasteiger partial charge in [-0.25, -0.2) is 0 Å². The number of halogens is 1. The van der Waals surface area contributed by atoms with E-state index in [0.717, 1.165) is 18.7 Å². The molecule has 1 aliphatic heterocycles. The van der Waals surface area contributed by atoms with E-state index in [0.29, 0.717) is 29.6 Å². The summed E-state index contributed by atoms with van der Waals surface area (Å²) in [4.78, 5) is 14.0. The van der Waals surface area contributed by atoms with Gasteiger partial charge < -0.3 is 14.7 Å². The van der Waals surface area contributed by atoms with Crippen LogP contribution in [-0.4, -0.2) is 42.1 Å². The predicted octanol–water partition coefficient (Wildman–Crippen LogP) is 2.04. The smallest absolute Gasteiger partial charge is 0.276 e. The number of nitrogens with one attached hydrogen (secondary N) is 1. The first-order valence-corrected chi connectivity index (χ1v) is 6.84. The molecule has 0 atom stereocenters. The van der Waals surface area contributed by atoms with Crippen molar-refractivity contribution in [3.05, 3.63) is 41.0 Å². The number of nitrogens with zero attached hydrogens (tertiary/aromatic N) is 2. The van der Waals surface area contributed by atoms with Crippen molar-refractivity contribution in [2.45, 2.75) is 0 Å². The Morgan fingerprint density at radius 1 is 1.30 bits per heavy atom. The minimum Gasteiger partial charge on any atom is -0.355 e. The van der Waals surface area contributed by atoms with Crippen LogP contribution in [0.3, 0.4) is 0 Å². The van der Waals surface area contributed by atoms with E-state index in [1.807, 2.05) is 12.1 Å². The summed E-state index contributed by atoms with van der Waals surface area (Å²) in [6.07, 6.45) is 0. The Bertz CT molecular complexity index is 620. The lowest BCUT2D eigenvalue weighted by atomic mass is 10.1. The molecule has 20 heavy (non-hydrogen) atoms. The summed E-state index contributed by atoms with van der Waals surface area (Å²) in [5.74, 6) is 0.453. The summed E-state index contributed by atoms with van der Waals surface area (Å²) in [5.41, 5.74) is 1.14. The lowest BCUT2D eigenvalue weighted by molar-refractivity contribution is 0.0725. The van der Waals surface area contributed by atoms with Crippen molar-refractivity contribution < 1.29 is 9.32 Å². The molecule has 104 valence electrons. The first kappa shape index (κ1) is 13.1. The highest BCUT2D eigenvalue weighted by atomic mass is 35.5. The number of benzene rings is 1. The molecule has 0 aliphatic carbocycles. The highest BCUT2D eigenvalue weighted by Gasteiger charge is 2.21. The van der Waals surface area contributed by atoms with Crippen LogP contribution in [0.25, 0.3) is 11.3 Å². The molecule has 0 spiro atoms. The molecule has 1 aromatic carbocycles. The van der Waals surface area contributed by atoms with E-state index in [-0.39, 0.29) is 5.91 Å². The number of hydrogen-bond donors (Lipinski definition) is 1. The fraction of sp³-hybridized carbons (Fsp3) is 0.286. The number of hydrogen-bond acceptors (Lipinski definition) is 4. The number of carbonyl (C=O) groups is 1. The van der Waals surface area contributed by atoms with Crippen LogP contribution >= 0.6 is 11.6 Å². The Balaban J connectivity index is 1.81. The number of rotatable bonds is 2. The van der Waals surface area contributed by atoms with Crippen LogP contribution in [0.5, 0.6) is 0 Å². The molecule has 1 saturated heterocycles. The van der Waals surface area contributed by atoms with Crippen molar-refractivity contribution >= 4 is 17.5 Å². The summed E-state index contributed by atoms with van der Waals surface area (Å²) in [7, 11) is 0. The van der Waals surface area contributed by atoms with E-state index < -0.39 is 0 Å². The highest BCUT2D eigenvalue weighted by Crippen LogP contribution is 2.23. The molecule has 0 bridgehead atoms. The topological polar surface area (TPSA) is 58.4 Å². The third kappa shape index (κ3) is 2.69. The number of amides is 1. The molecule has 1 fully saturated rings. The number of carbonyl (C=O) groups excluding carboxylic acids is 1. The molecule has 1 N–H and O–H groups in total. The van der Waals surface area contributed by atoms with Crippen molar-refractivity contribution in [1.29, 1.82) is 0 Å². The van der Waals surface area contributed by atoms with Crippen LogP contribution in [0.4, 0.5) is 0 Å². The Morgan fingerprint density at radius 3 is 2.85 bits per heavy atom. The standard InChI is InChI=1S/C14H14ClN3O2/c15-11-3-1-2-10(8-11)13-9-12(17-20-13)14(19)18-6-4-16-5-7-18/h1-3,8-9,16H,4-7H2. The average molecular weight is 292 g/mol. The van der Waals surface area contributed by atoms with Crippen molar-refractivity contribution in [2.75, 3.05) is 26.2 Å². The Labute approximate surface area is 121 Å². The van der Waals surface area contributed by atoms with Crippen LogP contribution < -0.4 is 5.32 Å². The first-order chi connectivity index (χ1) is 9.74. The van der Waals surface area contributed by atoms with E-state index in [9.17, 15) is 4.79 Å². The van der Waals surface area contributed by atoms with Gasteiger partial charge in [0, 0.05) is 42.8 Å². The molecule has 2 aromatic rings. The Kier molecular flexibility index (Phi) is 3.71. The van der Waals surface area contributed by atoms with Crippen molar-refractivity contribution in [3.63, 3.8) is 0 Å². The van der Waals surface area contributed by atoms with Gasteiger partial charge in [-0.2, -0.15) is 0 Å². The quantitative estimate of drug-likeness (QED) is 0.920. The summed E-state index contributed by atoms with van der Waals surface area (Å²) >= 11 is 5.94. The van der Waals surface area contributed by atoms with Gasteiger partial charge >= 0.3 is 0 Å². The molecule has 6 heteroatoms. The van der Waals surface area contributed by atoms with Crippen molar-refractivity contribution in [2.24, 2.45) is 0 Å². The number of piperazine rings is 1. The second kappa shape index (κ2) is 5.64. The van der Waals surface area contributed by atoms with Gasteiger partial charge in [-0.3, -0.25) is 4.79 Å². The SMILES string of the molecule is O=C(c1cc(-c2cccc(Cl)c2)on1)N1CCNCC1. The Hall–Kier alpha value is -1.85. The summed E-state index contributed by atoms with van der Waals surface area (Å²) < 4.78 is 5.25. The van der Waals surface area contributed by atoms with Gasteiger partial charge in [0.15, 0.2) is 11.5 Å². The monoisotopic (exact) mass is 291 g/mol. The molecule has 0 saturated carbocycles. The van der Waals surface area contributed by atoms with Crippen LogP contribution in [0, 0.1) is 0 Å². The fourth-order valence-corrected chi connectivity index (χ4v) is 2.37. The van der Waals surface area contributed by atoms with E-state index in [1.165, 1.54) is 0 Å². The maximum Gasteiger partial charge on any atom is 0.276 e. The van der Waals surface area contributed by atoms with Gasteiger partial charge in [-0.1, -0.05) is 28.9 Å². The fourth-order valence-electron chi connectivity index (χ4n) is 2.18. The zero-order valence-corrected chi connectivity index (χ0v) is 11.6. The minimum atomic E-state index is -0.0940. The lowest BCUT2D eigenvalue weighted by Gasteiger charge is -2.26. The van der Waals surface area contributed by atoms with Gasteiger partial charge in [0.1, 0.15) is 0 Å². The summed E-state index contributed by atoms with van der Waals surface area (Å²) in [6, 6.07) is 8.93. The summed E-state index contributed by atoms with van der Waals surface area (Å²) in [5, 5.41) is 7.69. The van der Waals surface area contributed by atoms with Gasteiger partial charge in [0.2, 0.25) is 0 Å². The molecule has 1 aliphatic rings. The van der Waals surface area contributed by atoms with Crippen LogP contribution in [0.15, 0.2) is 34.9 Å². The summed E-state index contributed by atoms with van der Waals surface area (Å²) in [6.45, 7) is 3.01. The minimum absolute atomic E-state index is 0.0940. The molecule has 2 heterocycles. The maximum absolute atomic E-state index is 12.3. The third-order valence-electron chi connectivity index (χ3n) is 3.24. The molecular formula is C14H14ClN3O2. The second-order valence-corrected chi connectivity index (χ2v) is 5.07. The first-order valence-electron chi connectivity index (χ1n) is 6.47. The molecule has 1 amide bonds. The van der Waals surface area contributed by atoms with E-state index in [1.54, 1.807) is 23.1 Å². The third-order valence-corrected chi connectivity index (χ3v) is 3.48. The van der Waals surface area contributed by atoms with Crippen LogP contribution in [0.1, 0.15) is 10.5 Å². The molecular weight excluding hydrogens is 278 g/mol. The molecule has 1 aromatic heterocycles. The van der Waals surface area contributed by atoms with E-state index >= 15 is 0 Å². The maximum atomic E-state index is 12.3. The van der Waals surface area contributed by atoms with Gasteiger partial charge in [-0.15, -0.1) is 0 Å². The normalized spacial score (nSPS) is 15.3. The molecule has 3 rings (SSSR count). The Morgan fingerprint density at radius 2 is 2.10 bits per heavy atom. The predicted molar refractivity (Wildman–Crippen MR) is 75.7 cm³/mol.